The lowest BCUT2D eigenvalue weighted by atomic mass is 10.1. The molecule has 76 valence electrons. The largest absolute Gasteiger partial charge is 0.417 e. The van der Waals surface area contributed by atoms with Crippen molar-refractivity contribution in [3.05, 3.63) is 29.6 Å². The van der Waals surface area contributed by atoms with E-state index in [1.807, 2.05) is 0 Å². The van der Waals surface area contributed by atoms with E-state index in [0.29, 0.717) is 6.07 Å². The van der Waals surface area contributed by atoms with E-state index in [4.69, 9.17) is 11.8 Å². The Hall–Kier alpha value is -1.30. The first kappa shape index (κ1) is 10.8. The van der Waals surface area contributed by atoms with Crippen molar-refractivity contribution in [3.8, 4) is 0 Å². The van der Waals surface area contributed by atoms with E-state index in [2.05, 4.69) is 4.98 Å². The van der Waals surface area contributed by atoms with Gasteiger partial charge in [-0.05, 0) is 6.07 Å². The summed E-state index contributed by atoms with van der Waals surface area (Å²) in [5.74, 6) is -1.04. The van der Waals surface area contributed by atoms with Gasteiger partial charge >= 0.3 is 6.18 Å². The fourth-order valence-corrected chi connectivity index (χ4v) is 0.975. The van der Waals surface area contributed by atoms with Gasteiger partial charge in [-0.2, -0.15) is 13.2 Å². The highest BCUT2D eigenvalue weighted by atomic mass is 35.5. The zero-order valence-corrected chi connectivity index (χ0v) is 7.36. The van der Waals surface area contributed by atoms with Crippen LogP contribution in [0.5, 0.6) is 0 Å². The van der Waals surface area contributed by atoms with Crippen molar-refractivity contribution in [2.45, 2.75) is 6.18 Å². The number of carbonyl (C=O) groups excluding carboxylic acids is 1. The molecule has 0 bridgehead atoms. The van der Waals surface area contributed by atoms with Crippen LogP contribution < -0.4 is 4.84 Å². The minimum Gasteiger partial charge on any atom is -0.268 e. The zero-order valence-electron chi connectivity index (χ0n) is 6.60. The number of hydrogen-bond acceptors (Lipinski definition) is 2. The highest BCUT2D eigenvalue weighted by Crippen LogP contribution is 2.31. The monoisotopic (exact) mass is 224 g/mol. The number of amides is 1. The molecule has 0 fully saturated rings. The summed E-state index contributed by atoms with van der Waals surface area (Å²) in [6.45, 7) is 0. The highest BCUT2D eigenvalue weighted by Gasteiger charge is 2.35. The number of pyridine rings is 1. The molecule has 1 amide bonds. The molecule has 0 aliphatic rings. The standard InChI is InChI=1S/C7H4ClF3N2O/c8-13-6(14)4-3-12-2-1-5(4)7(9,10)11/h1-3H,(H,13,14). The van der Waals surface area contributed by atoms with Crippen LogP contribution in [0.15, 0.2) is 18.5 Å². The predicted molar refractivity (Wildman–Crippen MR) is 42.6 cm³/mol. The highest BCUT2D eigenvalue weighted by molar-refractivity contribution is 6.24. The van der Waals surface area contributed by atoms with E-state index >= 15 is 0 Å². The van der Waals surface area contributed by atoms with Crippen LogP contribution in [0.2, 0.25) is 0 Å². The number of aromatic nitrogens is 1. The van der Waals surface area contributed by atoms with Gasteiger partial charge in [-0.25, -0.2) is 0 Å². The summed E-state index contributed by atoms with van der Waals surface area (Å²) >= 11 is 4.91. The summed E-state index contributed by atoms with van der Waals surface area (Å²) in [6.07, 6.45) is -2.84. The van der Waals surface area contributed by atoms with E-state index in [1.54, 1.807) is 4.84 Å². The van der Waals surface area contributed by atoms with Crippen molar-refractivity contribution in [1.29, 1.82) is 0 Å². The second-order valence-electron chi connectivity index (χ2n) is 2.34. The Kier molecular flexibility index (Phi) is 2.95. The molecule has 1 heterocycles. The summed E-state index contributed by atoms with van der Waals surface area (Å²) in [7, 11) is 0. The van der Waals surface area contributed by atoms with Crippen LogP contribution in [-0.2, 0) is 6.18 Å². The van der Waals surface area contributed by atoms with Crippen LogP contribution in [0.1, 0.15) is 15.9 Å². The van der Waals surface area contributed by atoms with Crippen molar-refractivity contribution >= 4 is 17.7 Å². The lowest BCUT2D eigenvalue weighted by Crippen LogP contribution is -2.19. The molecule has 1 N–H and O–H groups in total. The first-order valence-corrected chi connectivity index (χ1v) is 3.77. The molecular weight excluding hydrogens is 221 g/mol. The van der Waals surface area contributed by atoms with Gasteiger partial charge in [0.25, 0.3) is 5.91 Å². The molecule has 0 atom stereocenters. The molecule has 1 aromatic rings. The molecule has 0 spiro atoms. The second kappa shape index (κ2) is 3.83. The van der Waals surface area contributed by atoms with Gasteiger partial charge in [0.1, 0.15) is 0 Å². The molecule has 0 saturated heterocycles. The minimum atomic E-state index is -4.60. The van der Waals surface area contributed by atoms with Gasteiger partial charge in [-0.3, -0.25) is 14.6 Å². The Morgan fingerprint density at radius 2 is 2.14 bits per heavy atom. The molecule has 0 radical (unpaired) electrons. The van der Waals surface area contributed by atoms with Gasteiger partial charge in [0.15, 0.2) is 0 Å². The molecular formula is C7H4ClF3N2O. The van der Waals surface area contributed by atoms with E-state index in [-0.39, 0.29) is 0 Å². The number of alkyl halides is 3. The SMILES string of the molecule is O=C(NCl)c1cnccc1C(F)(F)F. The van der Waals surface area contributed by atoms with E-state index in [1.165, 1.54) is 0 Å². The van der Waals surface area contributed by atoms with Gasteiger partial charge in [-0.15, -0.1) is 0 Å². The molecule has 0 unspecified atom stereocenters. The van der Waals surface area contributed by atoms with E-state index < -0.39 is 23.2 Å². The molecule has 7 heteroatoms. The number of rotatable bonds is 1. The predicted octanol–water partition coefficient (Wildman–Crippen LogP) is 1.98. The van der Waals surface area contributed by atoms with Gasteiger partial charge in [0.05, 0.1) is 11.1 Å². The molecule has 0 saturated carbocycles. The quantitative estimate of drug-likeness (QED) is 0.741. The van der Waals surface area contributed by atoms with Crippen molar-refractivity contribution in [2.75, 3.05) is 0 Å². The number of hydrogen-bond donors (Lipinski definition) is 1. The normalized spacial score (nSPS) is 11.1. The molecule has 0 aromatic carbocycles. The lowest BCUT2D eigenvalue weighted by molar-refractivity contribution is -0.138. The van der Waals surface area contributed by atoms with Crippen LogP contribution in [0.25, 0.3) is 0 Å². The first-order valence-electron chi connectivity index (χ1n) is 3.39. The Labute approximate surface area is 82.0 Å². The summed E-state index contributed by atoms with van der Waals surface area (Å²) in [5, 5.41) is 0. The minimum absolute atomic E-state index is 0.602. The summed E-state index contributed by atoms with van der Waals surface area (Å²) < 4.78 is 36.9. The maximum atomic E-state index is 12.3. The van der Waals surface area contributed by atoms with E-state index in [9.17, 15) is 18.0 Å². The number of carbonyl (C=O) groups is 1. The fourth-order valence-electron chi connectivity index (χ4n) is 0.873. The molecule has 1 rings (SSSR count). The lowest BCUT2D eigenvalue weighted by Gasteiger charge is -2.09. The Bertz CT molecular complexity index is 353. The molecule has 0 aliphatic carbocycles. The third kappa shape index (κ3) is 2.14. The van der Waals surface area contributed by atoms with Gasteiger partial charge < -0.3 is 0 Å². The van der Waals surface area contributed by atoms with Crippen LogP contribution in [0.4, 0.5) is 13.2 Å². The maximum Gasteiger partial charge on any atom is 0.417 e. The van der Waals surface area contributed by atoms with Crippen molar-refractivity contribution in [3.63, 3.8) is 0 Å². The van der Waals surface area contributed by atoms with Crippen molar-refractivity contribution < 1.29 is 18.0 Å². The van der Waals surface area contributed by atoms with Gasteiger partial charge in [0.2, 0.25) is 0 Å². The zero-order chi connectivity index (χ0) is 10.8. The molecule has 1 aromatic heterocycles. The van der Waals surface area contributed by atoms with Gasteiger partial charge in [-0.1, -0.05) is 0 Å². The molecule has 14 heavy (non-hydrogen) atoms. The van der Waals surface area contributed by atoms with Crippen molar-refractivity contribution in [1.82, 2.24) is 9.82 Å². The van der Waals surface area contributed by atoms with Crippen LogP contribution in [0.3, 0.4) is 0 Å². The summed E-state index contributed by atoms with van der Waals surface area (Å²) in [4.78, 5) is 15.9. The summed E-state index contributed by atoms with van der Waals surface area (Å²) in [5.41, 5.74) is -1.67. The Balaban J connectivity index is 3.23. The first-order chi connectivity index (χ1) is 6.46. The number of nitrogens with one attached hydrogen (secondary N) is 1. The average Bonchev–Trinajstić information content (AvgIpc) is 2.15. The fraction of sp³-hybridized carbons (Fsp3) is 0.143. The van der Waals surface area contributed by atoms with Crippen LogP contribution in [-0.4, -0.2) is 10.9 Å². The second-order valence-corrected chi connectivity index (χ2v) is 2.53. The topological polar surface area (TPSA) is 42.0 Å². The van der Waals surface area contributed by atoms with Gasteiger partial charge in [0, 0.05) is 24.2 Å². The molecule has 0 aliphatic heterocycles. The Morgan fingerprint density at radius 3 is 2.64 bits per heavy atom. The third-order valence-corrected chi connectivity index (χ3v) is 1.63. The maximum absolute atomic E-state index is 12.3. The van der Waals surface area contributed by atoms with Crippen molar-refractivity contribution in [2.24, 2.45) is 0 Å². The smallest absolute Gasteiger partial charge is 0.268 e. The van der Waals surface area contributed by atoms with Crippen LogP contribution in [0, 0.1) is 0 Å². The van der Waals surface area contributed by atoms with Crippen LogP contribution >= 0.6 is 11.8 Å². The number of halogens is 4. The van der Waals surface area contributed by atoms with E-state index in [0.717, 1.165) is 12.4 Å². The average molecular weight is 225 g/mol. The molecule has 3 nitrogen and oxygen atoms in total. The number of nitrogens with zero attached hydrogens (tertiary/aromatic N) is 1. The third-order valence-electron chi connectivity index (χ3n) is 1.46. The Morgan fingerprint density at radius 1 is 1.50 bits per heavy atom. The summed E-state index contributed by atoms with van der Waals surface area (Å²) in [6, 6.07) is 0.710.